The summed E-state index contributed by atoms with van der Waals surface area (Å²) in [5.74, 6) is 0.392. The van der Waals surface area contributed by atoms with Crippen molar-refractivity contribution in [2.24, 2.45) is 0 Å². The maximum Gasteiger partial charge on any atom is 0.165 e. The molecule has 0 saturated heterocycles. The van der Waals surface area contributed by atoms with Crippen molar-refractivity contribution in [3.8, 4) is 5.75 Å². The summed E-state index contributed by atoms with van der Waals surface area (Å²) in [6.45, 7) is 0. The Morgan fingerprint density at radius 3 is 2.65 bits per heavy atom. The van der Waals surface area contributed by atoms with Gasteiger partial charge in [-0.05, 0) is 35.7 Å². The molecule has 0 spiro atoms. The average Bonchev–Trinajstić information content (AvgIpc) is 2.34. The summed E-state index contributed by atoms with van der Waals surface area (Å²) in [5, 5.41) is 0. The van der Waals surface area contributed by atoms with Gasteiger partial charge in [-0.3, -0.25) is 0 Å². The summed E-state index contributed by atoms with van der Waals surface area (Å²) in [7, 11) is 1.45. The maximum atomic E-state index is 13.2. The van der Waals surface area contributed by atoms with Gasteiger partial charge in [-0.2, -0.15) is 0 Å². The molecule has 0 aliphatic carbocycles. The molecule has 0 bridgehead atoms. The first-order valence-corrected chi connectivity index (χ1v) is 5.22. The smallest absolute Gasteiger partial charge is 0.165 e. The van der Waals surface area contributed by atoms with Crippen LogP contribution < -0.4 is 10.5 Å². The molecule has 0 amide bonds. The molecule has 0 atom stereocenters. The fraction of sp³-hybridized carbons (Fsp3) is 0.154. The van der Waals surface area contributed by atoms with Crippen LogP contribution in [0.15, 0.2) is 36.5 Å². The van der Waals surface area contributed by atoms with Crippen molar-refractivity contribution in [2.45, 2.75) is 6.42 Å². The van der Waals surface area contributed by atoms with Crippen LogP contribution >= 0.6 is 0 Å². The van der Waals surface area contributed by atoms with Gasteiger partial charge in [0, 0.05) is 6.20 Å². The Morgan fingerprint density at radius 2 is 2.00 bits per heavy atom. The fourth-order valence-electron chi connectivity index (χ4n) is 1.59. The number of anilines is 1. The number of benzene rings is 1. The van der Waals surface area contributed by atoms with E-state index in [1.54, 1.807) is 24.4 Å². The van der Waals surface area contributed by atoms with E-state index in [1.807, 2.05) is 6.07 Å². The molecule has 2 rings (SSSR count). The Labute approximate surface area is 99.1 Å². The van der Waals surface area contributed by atoms with E-state index in [0.29, 0.717) is 12.2 Å². The highest BCUT2D eigenvalue weighted by molar-refractivity contribution is 5.35. The van der Waals surface area contributed by atoms with E-state index in [1.165, 1.54) is 13.2 Å². The van der Waals surface area contributed by atoms with Crippen LogP contribution in [0.2, 0.25) is 0 Å². The zero-order chi connectivity index (χ0) is 12.3. The summed E-state index contributed by atoms with van der Waals surface area (Å²) in [6.07, 6.45) is 2.38. The normalized spacial score (nSPS) is 10.2. The molecule has 1 heterocycles. The molecular weight excluding hydrogens is 219 g/mol. The molecule has 1 aromatic carbocycles. The topological polar surface area (TPSA) is 48.1 Å². The van der Waals surface area contributed by atoms with Gasteiger partial charge in [0.05, 0.1) is 7.11 Å². The first kappa shape index (κ1) is 11.4. The van der Waals surface area contributed by atoms with E-state index in [0.717, 1.165) is 11.1 Å². The van der Waals surface area contributed by atoms with Crippen molar-refractivity contribution < 1.29 is 9.13 Å². The van der Waals surface area contributed by atoms with Crippen LogP contribution in [0.3, 0.4) is 0 Å². The van der Waals surface area contributed by atoms with E-state index in [9.17, 15) is 4.39 Å². The number of pyridine rings is 1. The van der Waals surface area contributed by atoms with Crippen molar-refractivity contribution in [1.29, 1.82) is 0 Å². The Balaban J connectivity index is 2.21. The van der Waals surface area contributed by atoms with E-state index in [-0.39, 0.29) is 11.6 Å². The van der Waals surface area contributed by atoms with Crippen LogP contribution in [0.1, 0.15) is 11.1 Å². The minimum atomic E-state index is -0.355. The lowest BCUT2D eigenvalue weighted by Crippen LogP contribution is -1.95. The Hall–Kier alpha value is -2.10. The van der Waals surface area contributed by atoms with Crippen LogP contribution in [0.4, 0.5) is 10.2 Å². The number of ether oxygens (including phenoxy) is 1. The first-order chi connectivity index (χ1) is 8.19. The zero-order valence-electron chi connectivity index (χ0n) is 9.48. The zero-order valence-corrected chi connectivity index (χ0v) is 9.48. The minimum Gasteiger partial charge on any atom is -0.494 e. The minimum absolute atomic E-state index is 0.255. The summed E-state index contributed by atoms with van der Waals surface area (Å²) in [4.78, 5) is 4.01. The van der Waals surface area contributed by atoms with Gasteiger partial charge in [-0.1, -0.05) is 12.1 Å². The van der Waals surface area contributed by atoms with Crippen molar-refractivity contribution in [3.63, 3.8) is 0 Å². The van der Waals surface area contributed by atoms with Crippen molar-refractivity contribution in [2.75, 3.05) is 12.8 Å². The van der Waals surface area contributed by atoms with Gasteiger partial charge < -0.3 is 10.5 Å². The van der Waals surface area contributed by atoms with Crippen molar-refractivity contribution >= 4 is 5.82 Å². The van der Waals surface area contributed by atoms with Crippen LogP contribution in [0, 0.1) is 5.82 Å². The Bertz CT molecular complexity index is 511. The molecule has 0 fully saturated rings. The van der Waals surface area contributed by atoms with Crippen LogP contribution in [-0.4, -0.2) is 12.1 Å². The summed E-state index contributed by atoms with van der Waals surface area (Å²) in [5.41, 5.74) is 7.49. The van der Waals surface area contributed by atoms with Gasteiger partial charge in [-0.15, -0.1) is 0 Å². The number of hydrogen-bond acceptors (Lipinski definition) is 3. The summed E-state index contributed by atoms with van der Waals surface area (Å²) in [6, 6.07) is 8.47. The third-order valence-corrected chi connectivity index (χ3v) is 2.47. The number of nitrogens with two attached hydrogens (primary N) is 1. The van der Waals surface area contributed by atoms with E-state index >= 15 is 0 Å². The Kier molecular flexibility index (Phi) is 3.23. The van der Waals surface area contributed by atoms with Crippen LogP contribution in [0.25, 0.3) is 0 Å². The molecular formula is C13H13FN2O. The molecule has 88 valence electrons. The molecule has 0 aliphatic heterocycles. The molecule has 0 saturated carbocycles. The second-order valence-corrected chi connectivity index (χ2v) is 3.74. The number of nitrogen functional groups attached to an aromatic ring is 1. The second-order valence-electron chi connectivity index (χ2n) is 3.74. The third kappa shape index (κ3) is 2.72. The maximum absolute atomic E-state index is 13.2. The molecule has 0 radical (unpaired) electrons. The Morgan fingerprint density at radius 1 is 1.24 bits per heavy atom. The predicted octanol–water partition coefficient (Wildman–Crippen LogP) is 2.40. The number of methoxy groups -OCH3 is 1. The van der Waals surface area contributed by atoms with Crippen LogP contribution in [-0.2, 0) is 6.42 Å². The molecule has 0 aliphatic rings. The number of halogens is 1. The van der Waals surface area contributed by atoms with E-state index < -0.39 is 0 Å². The molecule has 1 aromatic heterocycles. The molecule has 0 unspecified atom stereocenters. The monoisotopic (exact) mass is 232 g/mol. The van der Waals surface area contributed by atoms with Gasteiger partial charge in [0.2, 0.25) is 0 Å². The van der Waals surface area contributed by atoms with Crippen molar-refractivity contribution in [3.05, 3.63) is 53.5 Å². The molecule has 2 N–H and O–H groups in total. The highest BCUT2D eigenvalue weighted by atomic mass is 19.1. The average molecular weight is 232 g/mol. The van der Waals surface area contributed by atoms with Crippen LogP contribution in [0.5, 0.6) is 5.75 Å². The number of nitrogens with zero attached hydrogens (tertiary/aromatic N) is 1. The van der Waals surface area contributed by atoms with Gasteiger partial charge in [0.1, 0.15) is 5.82 Å². The standard InChI is InChI=1S/C13H13FN2O/c1-17-12-7-9(2-4-11(12)14)6-10-3-5-13(15)16-8-10/h2-5,7-8H,6H2,1H3,(H2,15,16). The fourth-order valence-corrected chi connectivity index (χ4v) is 1.59. The van der Waals surface area contributed by atoms with E-state index in [2.05, 4.69) is 4.98 Å². The number of rotatable bonds is 3. The summed E-state index contributed by atoms with van der Waals surface area (Å²) >= 11 is 0. The lowest BCUT2D eigenvalue weighted by Gasteiger charge is -2.06. The lowest BCUT2D eigenvalue weighted by molar-refractivity contribution is 0.386. The van der Waals surface area contributed by atoms with Gasteiger partial charge in [-0.25, -0.2) is 9.37 Å². The quantitative estimate of drug-likeness (QED) is 0.884. The first-order valence-electron chi connectivity index (χ1n) is 5.22. The molecule has 17 heavy (non-hydrogen) atoms. The molecule has 4 heteroatoms. The number of aromatic nitrogens is 1. The van der Waals surface area contributed by atoms with Gasteiger partial charge in [0.25, 0.3) is 0 Å². The molecule has 3 nitrogen and oxygen atoms in total. The summed E-state index contributed by atoms with van der Waals surface area (Å²) < 4.78 is 18.1. The lowest BCUT2D eigenvalue weighted by atomic mass is 10.1. The van der Waals surface area contributed by atoms with E-state index in [4.69, 9.17) is 10.5 Å². The second kappa shape index (κ2) is 4.82. The predicted molar refractivity (Wildman–Crippen MR) is 64.4 cm³/mol. The highest BCUT2D eigenvalue weighted by Gasteiger charge is 2.04. The third-order valence-electron chi connectivity index (χ3n) is 2.47. The van der Waals surface area contributed by atoms with Gasteiger partial charge in [0.15, 0.2) is 11.6 Å². The molecule has 2 aromatic rings. The highest BCUT2D eigenvalue weighted by Crippen LogP contribution is 2.20. The number of hydrogen-bond donors (Lipinski definition) is 1. The largest absolute Gasteiger partial charge is 0.494 e. The van der Waals surface area contributed by atoms with Gasteiger partial charge >= 0.3 is 0 Å². The SMILES string of the molecule is COc1cc(Cc2ccc(N)nc2)ccc1F. The van der Waals surface area contributed by atoms with Crippen molar-refractivity contribution in [1.82, 2.24) is 4.98 Å².